The van der Waals surface area contributed by atoms with Crippen LogP contribution < -0.4 is 0 Å². The highest BCUT2D eigenvalue weighted by molar-refractivity contribution is 5.83. The largest absolute Gasteiger partial charge is 0.342 e. The minimum Gasteiger partial charge on any atom is -0.342 e. The van der Waals surface area contributed by atoms with Crippen LogP contribution in [0.25, 0.3) is 0 Å². The standard InChI is InChI=1S/C14H22N2O3/c17-13(11-5-6-11)15-7-3-4-12(10-15)14(18)16-8-1-2-9-19-16/h11-12H,1-10H2. The van der Waals surface area contributed by atoms with Gasteiger partial charge in [0.2, 0.25) is 5.91 Å². The Kier molecular flexibility index (Phi) is 3.73. The molecule has 1 aliphatic carbocycles. The third-order valence-electron chi connectivity index (χ3n) is 4.26. The molecule has 0 aromatic heterocycles. The molecule has 3 fully saturated rings. The van der Waals surface area contributed by atoms with E-state index in [9.17, 15) is 9.59 Å². The summed E-state index contributed by atoms with van der Waals surface area (Å²) < 4.78 is 0. The van der Waals surface area contributed by atoms with Crippen molar-refractivity contribution in [2.75, 3.05) is 26.2 Å². The Balaban J connectivity index is 1.57. The molecule has 2 heterocycles. The highest BCUT2D eigenvalue weighted by Gasteiger charge is 2.37. The molecule has 5 nitrogen and oxygen atoms in total. The smallest absolute Gasteiger partial charge is 0.251 e. The molecule has 2 amide bonds. The second-order valence-corrected chi connectivity index (χ2v) is 5.88. The number of rotatable bonds is 2. The van der Waals surface area contributed by atoms with Gasteiger partial charge >= 0.3 is 0 Å². The van der Waals surface area contributed by atoms with Crippen molar-refractivity contribution in [2.24, 2.45) is 11.8 Å². The van der Waals surface area contributed by atoms with Gasteiger partial charge in [-0.3, -0.25) is 14.4 Å². The summed E-state index contributed by atoms with van der Waals surface area (Å²) in [4.78, 5) is 31.8. The van der Waals surface area contributed by atoms with Crippen molar-refractivity contribution >= 4 is 11.8 Å². The van der Waals surface area contributed by atoms with E-state index in [1.807, 2.05) is 4.90 Å². The van der Waals surface area contributed by atoms with Crippen molar-refractivity contribution < 1.29 is 14.4 Å². The maximum absolute atomic E-state index is 12.4. The summed E-state index contributed by atoms with van der Waals surface area (Å²) in [5.41, 5.74) is 0. The molecule has 1 saturated carbocycles. The van der Waals surface area contributed by atoms with Crippen LogP contribution >= 0.6 is 0 Å². The number of piperidine rings is 1. The molecule has 0 N–H and O–H groups in total. The van der Waals surface area contributed by atoms with Crippen LogP contribution in [0.2, 0.25) is 0 Å². The zero-order valence-corrected chi connectivity index (χ0v) is 11.3. The number of nitrogens with zero attached hydrogens (tertiary/aromatic N) is 2. The van der Waals surface area contributed by atoms with Crippen molar-refractivity contribution in [2.45, 2.75) is 38.5 Å². The molecule has 0 radical (unpaired) electrons. The molecule has 1 unspecified atom stereocenters. The summed E-state index contributed by atoms with van der Waals surface area (Å²) in [7, 11) is 0. The van der Waals surface area contributed by atoms with E-state index >= 15 is 0 Å². The van der Waals surface area contributed by atoms with Gasteiger partial charge in [0, 0.05) is 25.6 Å². The molecule has 0 spiro atoms. The molecule has 2 aliphatic heterocycles. The molecular weight excluding hydrogens is 244 g/mol. The molecule has 0 aromatic rings. The lowest BCUT2D eigenvalue weighted by Crippen LogP contribution is -2.48. The SMILES string of the molecule is O=C(C1CC1)N1CCCC(C(=O)N2CCCCO2)C1. The molecule has 106 valence electrons. The monoisotopic (exact) mass is 266 g/mol. The lowest BCUT2D eigenvalue weighted by atomic mass is 9.96. The zero-order valence-electron chi connectivity index (χ0n) is 11.3. The average Bonchev–Trinajstić information content (AvgIpc) is 3.31. The van der Waals surface area contributed by atoms with Crippen molar-refractivity contribution in [3.8, 4) is 0 Å². The van der Waals surface area contributed by atoms with Crippen LogP contribution in [0, 0.1) is 11.8 Å². The number of carbonyl (C=O) groups excluding carboxylic acids is 2. The van der Waals surface area contributed by atoms with E-state index in [0.29, 0.717) is 19.7 Å². The van der Waals surface area contributed by atoms with E-state index in [4.69, 9.17) is 4.84 Å². The van der Waals surface area contributed by atoms with Gasteiger partial charge in [-0.1, -0.05) is 0 Å². The van der Waals surface area contributed by atoms with Crippen LogP contribution in [0.1, 0.15) is 38.5 Å². The zero-order chi connectivity index (χ0) is 13.2. The van der Waals surface area contributed by atoms with Crippen molar-refractivity contribution in [3.63, 3.8) is 0 Å². The third kappa shape index (κ3) is 2.91. The van der Waals surface area contributed by atoms with E-state index in [1.165, 1.54) is 5.06 Å². The van der Waals surface area contributed by atoms with Gasteiger partial charge in [-0.05, 0) is 38.5 Å². The second kappa shape index (κ2) is 5.49. The normalized spacial score (nSPS) is 28.3. The summed E-state index contributed by atoms with van der Waals surface area (Å²) in [5.74, 6) is 0.527. The number of amides is 2. The Labute approximate surface area is 113 Å². The van der Waals surface area contributed by atoms with Crippen LogP contribution in [0.15, 0.2) is 0 Å². The molecule has 0 bridgehead atoms. The summed E-state index contributed by atoms with van der Waals surface area (Å²) >= 11 is 0. The molecule has 1 atom stereocenters. The Morgan fingerprint density at radius 3 is 2.42 bits per heavy atom. The Morgan fingerprint density at radius 2 is 1.74 bits per heavy atom. The molecule has 5 heteroatoms. The van der Waals surface area contributed by atoms with Gasteiger partial charge in [0.25, 0.3) is 5.91 Å². The number of hydroxylamine groups is 2. The Bertz CT molecular complexity index is 362. The first-order chi connectivity index (χ1) is 9.25. The fourth-order valence-electron chi connectivity index (χ4n) is 2.94. The fourth-order valence-corrected chi connectivity index (χ4v) is 2.94. The van der Waals surface area contributed by atoms with Gasteiger partial charge in [-0.2, -0.15) is 0 Å². The van der Waals surface area contributed by atoms with E-state index in [1.54, 1.807) is 0 Å². The van der Waals surface area contributed by atoms with E-state index in [2.05, 4.69) is 0 Å². The maximum Gasteiger partial charge on any atom is 0.251 e. The Hall–Kier alpha value is -1.10. The van der Waals surface area contributed by atoms with Crippen LogP contribution in [0.3, 0.4) is 0 Å². The fraction of sp³-hybridized carbons (Fsp3) is 0.857. The van der Waals surface area contributed by atoms with Crippen LogP contribution in [-0.4, -0.2) is 48.0 Å². The molecule has 3 aliphatic rings. The quantitative estimate of drug-likeness (QED) is 0.754. The lowest BCUT2D eigenvalue weighted by molar-refractivity contribution is -0.202. The predicted molar refractivity (Wildman–Crippen MR) is 68.9 cm³/mol. The topological polar surface area (TPSA) is 49.9 Å². The first-order valence-corrected chi connectivity index (χ1v) is 7.49. The van der Waals surface area contributed by atoms with Crippen molar-refractivity contribution in [3.05, 3.63) is 0 Å². The minimum atomic E-state index is -0.0606. The number of likely N-dealkylation sites (tertiary alicyclic amines) is 1. The molecule has 19 heavy (non-hydrogen) atoms. The summed E-state index contributed by atoms with van der Waals surface area (Å²) in [5, 5.41) is 1.53. The van der Waals surface area contributed by atoms with Crippen LogP contribution in [0.5, 0.6) is 0 Å². The number of hydrogen-bond donors (Lipinski definition) is 0. The minimum absolute atomic E-state index is 0.0606. The highest BCUT2D eigenvalue weighted by Crippen LogP contribution is 2.32. The average molecular weight is 266 g/mol. The third-order valence-corrected chi connectivity index (χ3v) is 4.26. The van der Waals surface area contributed by atoms with Gasteiger partial charge in [0.1, 0.15) is 0 Å². The Morgan fingerprint density at radius 1 is 0.895 bits per heavy atom. The molecule has 3 rings (SSSR count). The highest BCUT2D eigenvalue weighted by atomic mass is 16.7. The van der Waals surface area contributed by atoms with E-state index in [0.717, 1.165) is 45.1 Å². The van der Waals surface area contributed by atoms with Crippen LogP contribution in [0.4, 0.5) is 0 Å². The number of hydrogen-bond acceptors (Lipinski definition) is 3. The molecule has 0 aromatic carbocycles. The number of carbonyl (C=O) groups is 2. The van der Waals surface area contributed by atoms with Crippen molar-refractivity contribution in [1.29, 1.82) is 0 Å². The maximum atomic E-state index is 12.4. The lowest BCUT2D eigenvalue weighted by Gasteiger charge is -2.35. The summed E-state index contributed by atoms with van der Waals surface area (Å²) in [6.45, 7) is 2.75. The first kappa shape index (κ1) is 12.9. The van der Waals surface area contributed by atoms with Gasteiger partial charge in [-0.15, -0.1) is 0 Å². The van der Waals surface area contributed by atoms with Gasteiger partial charge in [-0.25, -0.2) is 5.06 Å². The van der Waals surface area contributed by atoms with E-state index < -0.39 is 0 Å². The van der Waals surface area contributed by atoms with Gasteiger partial charge in [0.15, 0.2) is 0 Å². The first-order valence-electron chi connectivity index (χ1n) is 7.49. The second-order valence-electron chi connectivity index (χ2n) is 5.88. The summed E-state index contributed by atoms with van der Waals surface area (Å²) in [6, 6.07) is 0. The van der Waals surface area contributed by atoms with Crippen molar-refractivity contribution in [1.82, 2.24) is 9.96 Å². The van der Waals surface area contributed by atoms with E-state index in [-0.39, 0.29) is 23.7 Å². The molecule has 2 saturated heterocycles. The summed E-state index contributed by atoms with van der Waals surface area (Å²) in [6.07, 6.45) is 5.92. The predicted octanol–water partition coefficient (Wildman–Crippen LogP) is 1.19. The van der Waals surface area contributed by atoms with Gasteiger partial charge < -0.3 is 4.90 Å². The van der Waals surface area contributed by atoms with Gasteiger partial charge in [0.05, 0.1) is 12.5 Å². The van der Waals surface area contributed by atoms with Crippen LogP contribution in [-0.2, 0) is 14.4 Å². The molecular formula is C14H22N2O3.